The van der Waals surface area contributed by atoms with Crippen LogP contribution in [0.5, 0.6) is 0 Å². The van der Waals surface area contributed by atoms with Gasteiger partial charge in [0.2, 0.25) is 5.95 Å². The summed E-state index contributed by atoms with van der Waals surface area (Å²) >= 11 is 6.38. The number of anilines is 2. The molecule has 152 valence electrons. The van der Waals surface area contributed by atoms with Gasteiger partial charge in [0.15, 0.2) is 11.6 Å². The number of ether oxygens (including phenoxy) is 1. The van der Waals surface area contributed by atoms with E-state index in [0.717, 1.165) is 11.1 Å². The number of alkyl carbamates (subject to hydrolysis) is 1. The van der Waals surface area contributed by atoms with Crippen molar-refractivity contribution < 1.29 is 9.53 Å². The molecule has 1 amide bonds. The molecule has 2 heterocycles. The molecule has 2 aromatic heterocycles. The van der Waals surface area contributed by atoms with Gasteiger partial charge < -0.3 is 15.4 Å². The number of carbonyl (C=O) groups excluding carboxylic acids is 1. The zero-order chi connectivity index (χ0) is 21.0. The molecule has 3 aromatic rings. The van der Waals surface area contributed by atoms with E-state index in [1.54, 1.807) is 31.5 Å². The van der Waals surface area contributed by atoms with Crippen LogP contribution in [0.1, 0.15) is 26.3 Å². The van der Waals surface area contributed by atoms with Crippen LogP contribution in [0.15, 0.2) is 36.8 Å². The Morgan fingerprint density at radius 3 is 2.69 bits per heavy atom. The first kappa shape index (κ1) is 20.5. The zero-order valence-corrected chi connectivity index (χ0v) is 17.4. The van der Waals surface area contributed by atoms with Crippen molar-refractivity contribution in [1.82, 2.24) is 30.0 Å². The third-order valence-electron chi connectivity index (χ3n) is 3.66. The van der Waals surface area contributed by atoms with Crippen LogP contribution in [0.25, 0.3) is 11.4 Å². The van der Waals surface area contributed by atoms with Crippen LogP contribution in [-0.2, 0) is 18.3 Å². The lowest BCUT2D eigenvalue weighted by Crippen LogP contribution is -2.32. The van der Waals surface area contributed by atoms with Gasteiger partial charge in [0.1, 0.15) is 11.9 Å². The average Bonchev–Trinajstić information content (AvgIpc) is 3.04. The van der Waals surface area contributed by atoms with Crippen molar-refractivity contribution in [2.24, 2.45) is 7.05 Å². The Labute approximate surface area is 173 Å². The van der Waals surface area contributed by atoms with Gasteiger partial charge in [0.25, 0.3) is 0 Å². The number of amides is 1. The summed E-state index contributed by atoms with van der Waals surface area (Å²) in [6.07, 6.45) is 2.73. The number of hydrogen-bond acceptors (Lipinski definition) is 7. The largest absolute Gasteiger partial charge is 0.444 e. The molecular formula is C19H22ClN7O2. The molecule has 0 aliphatic rings. The predicted octanol–water partition coefficient (Wildman–Crippen LogP) is 3.69. The van der Waals surface area contributed by atoms with E-state index in [4.69, 9.17) is 16.3 Å². The molecule has 0 unspecified atom stereocenters. The smallest absolute Gasteiger partial charge is 0.407 e. The summed E-state index contributed by atoms with van der Waals surface area (Å²) < 4.78 is 6.90. The number of nitrogens with one attached hydrogen (secondary N) is 2. The first-order valence-corrected chi connectivity index (χ1v) is 9.29. The summed E-state index contributed by atoms with van der Waals surface area (Å²) in [4.78, 5) is 24.5. The highest BCUT2D eigenvalue weighted by Gasteiger charge is 2.16. The molecule has 3 rings (SSSR count). The topological polar surface area (TPSA) is 107 Å². The highest BCUT2D eigenvalue weighted by atomic mass is 35.5. The lowest BCUT2D eigenvalue weighted by molar-refractivity contribution is 0.0523. The minimum Gasteiger partial charge on any atom is -0.444 e. The fraction of sp³-hybridized carbons (Fsp3) is 0.316. The van der Waals surface area contributed by atoms with E-state index in [1.165, 1.54) is 6.33 Å². The van der Waals surface area contributed by atoms with Gasteiger partial charge in [0, 0.05) is 36.4 Å². The Balaban J connectivity index is 1.69. The second kappa shape index (κ2) is 8.44. The molecule has 10 heteroatoms. The molecular weight excluding hydrogens is 394 g/mol. The van der Waals surface area contributed by atoms with Crippen LogP contribution < -0.4 is 10.6 Å². The van der Waals surface area contributed by atoms with Crippen molar-refractivity contribution >= 4 is 29.5 Å². The first-order valence-electron chi connectivity index (χ1n) is 8.91. The molecule has 9 nitrogen and oxygen atoms in total. The number of rotatable bonds is 5. The summed E-state index contributed by atoms with van der Waals surface area (Å²) in [7, 11) is 1.82. The molecule has 0 bridgehead atoms. The third kappa shape index (κ3) is 5.89. The Morgan fingerprint density at radius 2 is 2.03 bits per heavy atom. The highest BCUT2D eigenvalue weighted by Crippen LogP contribution is 2.24. The van der Waals surface area contributed by atoms with Gasteiger partial charge in [-0.1, -0.05) is 23.7 Å². The molecule has 0 aliphatic carbocycles. The SMILES string of the molecule is Cn1ccc(Nc2ncnc(-c3ccc(CNC(=O)OC(C)(C)C)c(Cl)c3)n2)n1. The molecule has 0 fully saturated rings. The van der Waals surface area contributed by atoms with Crippen LogP contribution in [0.2, 0.25) is 5.02 Å². The second-order valence-electron chi connectivity index (χ2n) is 7.29. The maximum Gasteiger partial charge on any atom is 0.407 e. The van der Waals surface area contributed by atoms with Crippen LogP contribution in [0.3, 0.4) is 0 Å². The van der Waals surface area contributed by atoms with Crippen molar-refractivity contribution in [3.8, 4) is 11.4 Å². The van der Waals surface area contributed by atoms with E-state index in [0.29, 0.717) is 22.6 Å². The van der Waals surface area contributed by atoms with Crippen LogP contribution >= 0.6 is 11.6 Å². The van der Waals surface area contributed by atoms with Gasteiger partial charge in [0.05, 0.1) is 0 Å². The van der Waals surface area contributed by atoms with Crippen LogP contribution in [0, 0.1) is 0 Å². The number of hydrogen-bond donors (Lipinski definition) is 2. The fourth-order valence-corrected chi connectivity index (χ4v) is 2.65. The second-order valence-corrected chi connectivity index (χ2v) is 7.70. The lowest BCUT2D eigenvalue weighted by atomic mass is 10.1. The minimum atomic E-state index is -0.558. The monoisotopic (exact) mass is 415 g/mol. The maximum absolute atomic E-state index is 11.8. The van der Waals surface area contributed by atoms with Crippen molar-refractivity contribution in [1.29, 1.82) is 0 Å². The summed E-state index contributed by atoms with van der Waals surface area (Å²) in [5, 5.41) is 10.4. The number of aromatic nitrogens is 5. The van der Waals surface area contributed by atoms with Gasteiger partial charge in [-0.25, -0.2) is 14.8 Å². The van der Waals surface area contributed by atoms with E-state index in [-0.39, 0.29) is 6.54 Å². The molecule has 0 saturated heterocycles. The molecule has 1 aromatic carbocycles. The van der Waals surface area contributed by atoms with Gasteiger partial charge in [-0.3, -0.25) is 4.68 Å². The van der Waals surface area contributed by atoms with E-state index >= 15 is 0 Å². The van der Waals surface area contributed by atoms with Gasteiger partial charge >= 0.3 is 6.09 Å². The quantitative estimate of drug-likeness (QED) is 0.654. The number of nitrogens with zero attached hydrogens (tertiary/aromatic N) is 5. The average molecular weight is 416 g/mol. The standard InChI is InChI=1S/C19H22ClN7O2/c1-19(2,3)29-18(28)21-10-13-6-5-12(9-14(13)20)16-22-11-23-17(25-16)24-15-7-8-27(4)26-15/h5-9,11H,10H2,1-4H3,(H,21,28)(H,22,23,24,25,26). The Bertz CT molecular complexity index is 1010. The fourth-order valence-electron chi connectivity index (χ4n) is 2.40. The highest BCUT2D eigenvalue weighted by molar-refractivity contribution is 6.31. The Morgan fingerprint density at radius 1 is 1.24 bits per heavy atom. The normalized spacial score (nSPS) is 11.2. The van der Waals surface area contributed by atoms with E-state index in [9.17, 15) is 4.79 Å². The Hall–Kier alpha value is -3.20. The third-order valence-corrected chi connectivity index (χ3v) is 4.01. The van der Waals surface area contributed by atoms with Crippen LogP contribution in [0.4, 0.5) is 16.6 Å². The van der Waals surface area contributed by atoms with Crippen LogP contribution in [-0.4, -0.2) is 36.4 Å². The summed E-state index contributed by atoms with van der Waals surface area (Å²) in [5.74, 6) is 1.47. The summed E-state index contributed by atoms with van der Waals surface area (Å²) in [6, 6.07) is 7.20. The number of carbonyl (C=O) groups is 1. The number of benzene rings is 1. The van der Waals surface area contributed by atoms with Crippen molar-refractivity contribution in [3.63, 3.8) is 0 Å². The van der Waals surface area contributed by atoms with E-state index in [1.807, 2.05) is 31.4 Å². The van der Waals surface area contributed by atoms with Crippen molar-refractivity contribution in [3.05, 3.63) is 47.4 Å². The Kier molecular flexibility index (Phi) is 5.97. The zero-order valence-electron chi connectivity index (χ0n) is 16.6. The summed E-state index contributed by atoms with van der Waals surface area (Å²) in [6.45, 7) is 5.66. The van der Waals surface area contributed by atoms with Crippen molar-refractivity contribution in [2.75, 3.05) is 5.32 Å². The lowest BCUT2D eigenvalue weighted by Gasteiger charge is -2.19. The minimum absolute atomic E-state index is 0.248. The van der Waals surface area contributed by atoms with Gasteiger partial charge in [-0.15, -0.1) is 0 Å². The predicted molar refractivity (Wildman–Crippen MR) is 110 cm³/mol. The molecule has 29 heavy (non-hydrogen) atoms. The van der Waals surface area contributed by atoms with Crippen molar-refractivity contribution in [2.45, 2.75) is 32.9 Å². The number of aryl methyl sites for hydroxylation is 1. The molecule has 0 aliphatic heterocycles. The first-order chi connectivity index (χ1) is 13.7. The molecule has 2 N–H and O–H groups in total. The molecule has 0 spiro atoms. The molecule has 0 saturated carbocycles. The van der Waals surface area contributed by atoms with E-state index in [2.05, 4.69) is 30.7 Å². The number of halogens is 1. The molecule has 0 radical (unpaired) electrons. The van der Waals surface area contributed by atoms with Gasteiger partial charge in [-0.05, 0) is 32.4 Å². The van der Waals surface area contributed by atoms with Gasteiger partial charge in [-0.2, -0.15) is 10.1 Å². The maximum atomic E-state index is 11.8. The molecule has 0 atom stereocenters. The van der Waals surface area contributed by atoms with E-state index < -0.39 is 11.7 Å². The summed E-state index contributed by atoms with van der Waals surface area (Å²) in [5.41, 5.74) is 0.918.